The van der Waals surface area contributed by atoms with Crippen molar-refractivity contribution in [2.45, 2.75) is 25.7 Å². The van der Waals surface area contributed by atoms with Gasteiger partial charge in [-0.15, -0.1) is 0 Å². The lowest BCUT2D eigenvalue weighted by Crippen LogP contribution is -2.11. The van der Waals surface area contributed by atoms with Crippen LogP contribution in [0, 0.1) is 0 Å². The van der Waals surface area contributed by atoms with Crippen molar-refractivity contribution in [1.82, 2.24) is 9.97 Å². The number of alkyl halides is 1. The molecule has 118 valence electrons. The van der Waals surface area contributed by atoms with Gasteiger partial charge in [0.15, 0.2) is 0 Å². The Labute approximate surface area is 143 Å². The van der Waals surface area contributed by atoms with Gasteiger partial charge in [-0.2, -0.15) is 0 Å². The normalized spacial score (nSPS) is 11.0. The van der Waals surface area contributed by atoms with Gasteiger partial charge in [-0.3, -0.25) is 14.8 Å². The van der Waals surface area contributed by atoms with Crippen LogP contribution in [0.3, 0.4) is 0 Å². The molecule has 0 aliphatic rings. The molecule has 1 amide bonds. The molecule has 0 unspecified atom stereocenters. The molecule has 2 aromatic heterocycles. The van der Waals surface area contributed by atoms with Gasteiger partial charge in [-0.25, -0.2) is 0 Å². The zero-order chi connectivity index (χ0) is 16.1. The van der Waals surface area contributed by atoms with Gasteiger partial charge in [-0.05, 0) is 37.1 Å². The van der Waals surface area contributed by atoms with Crippen LogP contribution in [0.15, 0.2) is 42.7 Å². The number of pyridine rings is 2. The van der Waals surface area contributed by atoms with E-state index in [1.165, 1.54) is 0 Å². The number of rotatable bonds is 6. The summed E-state index contributed by atoms with van der Waals surface area (Å²) in [7, 11) is 0. The third-order valence-corrected chi connectivity index (χ3v) is 4.33. The molecule has 3 rings (SSSR count). The second-order valence-electron chi connectivity index (χ2n) is 5.45. The van der Waals surface area contributed by atoms with Crippen LogP contribution in [0.4, 0.5) is 5.69 Å². The Morgan fingerprint density at radius 2 is 1.83 bits per heavy atom. The number of hydrogen-bond donors (Lipinski definition) is 1. The fourth-order valence-corrected chi connectivity index (χ4v) is 3.05. The van der Waals surface area contributed by atoms with Crippen molar-refractivity contribution < 1.29 is 4.79 Å². The standard InChI is InChI=1S/C18H18BrN3O/c19-9-3-1-2-8-16(23)22-15-12-13-6-4-10-20-17(13)18-14(15)7-5-11-21-18/h4-7,10-12H,1-3,8-9H2,(H,22,23). The molecular weight excluding hydrogens is 354 g/mol. The summed E-state index contributed by atoms with van der Waals surface area (Å²) < 4.78 is 0. The Hall–Kier alpha value is -2.01. The fourth-order valence-electron chi connectivity index (χ4n) is 2.65. The predicted molar refractivity (Wildman–Crippen MR) is 97.9 cm³/mol. The number of benzene rings is 1. The number of carbonyl (C=O) groups excluding carboxylic acids is 1. The number of fused-ring (bicyclic) bond motifs is 3. The summed E-state index contributed by atoms with van der Waals surface area (Å²) in [5, 5.41) is 5.93. The minimum absolute atomic E-state index is 0.0490. The van der Waals surface area contributed by atoms with E-state index in [9.17, 15) is 4.79 Å². The van der Waals surface area contributed by atoms with E-state index < -0.39 is 0 Å². The molecular formula is C18H18BrN3O. The first kappa shape index (κ1) is 15.9. The van der Waals surface area contributed by atoms with Crippen LogP contribution in [0.25, 0.3) is 21.8 Å². The maximum atomic E-state index is 12.2. The van der Waals surface area contributed by atoms with Crippen molar-refractivity contribution in [2.24, 2.45) is 0 Å². The summed E-state index contributed by atoms with van der Waals surface area (Å²) in [5.41, 5.74) is 2.48. The van der Waals surface area contributed by atoms with Crippen LogP contribution < -0.4 is 5.32 Å². The second kappa shape index (κ2) is 7.51. The largest absolute Gasteiger partial charge is 0.325 e. The molecule has 23 heavy (non-hydrogen) atoms. The first-order valence-corrected chi connectivity index (χ1v) is 8.90. The van der Waals surface area contributed by atoms with Crippen LogP contribution in [-0.2, 0) is 4.79 Å². The average molecular weight is 372 g/mol. The van der Waals surface area contributed by atoms with E-state index >= 15 is 0 Å². The van der Waals surface area contributed by atoms with Crippen molar-refractivity contribution in [2.75, 3.05) is 10.6 Å². The summed E-state index contributed by atoms with van der Waals surface area (Å²) in [5.74, 6) is 0.0490. The minimum Gasteiger partial charge on any atom is -0.325 e. The van der Waals surface area contributed by atoms with E-state index in [0.717, 1.165) is 52.1 Å². The summed E-state index contributed by atoms with van der Waals surface area (Å²) in [4.78, 5) is 21.1. The maximum absolute atomic E-state index is 12.2. The fraction of sp³-hybridized carbons (Fsp3) is 0.278. The Balaban J connectivity index is 1.89. The Kier molecular flexibility index (Phi) is 5.18. The Morgan fingerprint density at radius 1 is 1.04 bits per heavy atom. The minimum atomic E-state index is 0.0490. The number of aromatic nitrogens is 2. The molecule has 1 aromatic carbocycles. The monoisotopic (exact) mass is 371 g/mol. The van der Waals surface area contributed by atoms with E-state index in [4.69, 9.17) is 0 Å². The number of nitrogens with one attached hydrogen (secondary N) is 1. The first-order valence-electron chi connectivity index (χ1n) is 7.78. The van der Waals surface area contributed by atoms with Crippen molar-refractivity contribution in [3.63, 3.8) is 0 Å². The number of amides is 1. The van der Waals surface area contributed by atoms with E-state index in [1.807, 2.05) is 30.3 Å². The van der Waals surface area contributed by atoms with Crippen molar-refractivity contribution in [1.29, 1.82) is 0 Å². The van der Waals surface area contributed by atoms with Crippen LogP contribution in [0.1, 0.15) is 25.7 Å². The van der Waals surface area contributed by atoms with Crippen LogP contribution >= 0.6 is 15.9 Å². The Morgan fingerprint density at radius 3 is 2.65 bits per heavy atom. The number of halogens is 1. The summed E-state index contributed by atoms with van der Waals surface area (Å²) in [6.07, 6.45) is 7.12. The molecule has 0 saturated carbocycles. The van der Waals surface area contributed by atoms with Crippen molar-refractivity contribution in [3.05, 3.63) is 42.7 Å². The lowest BCUT2D eigenvalue weighted by molar-refractivity contribution is -0.116. The smallest absolute Gasteiger partial charge is 0.224 e. The second-order valence-corrected chi connectivity index (χ2v) is 6.24. The lowest BCUT2D eigenvalue weighted by atomic mass is 10.1. The van der Waals surface area contributed by atoms with Gasteiger partial charge >= 0.3 is 0 Å². The lowest BCUT2D eigenvalue weighted by Gasteiger charge is -2.10. The number of nitrogens with zero attached hydrogens (tertiary/aromatic N) is 2. The highest BCUT2D eigenvalue weighted by Gasteiger charge is 2.10. The van der Waals surface area contributed by atoms with Gasteiger partial charge in [-0.1, -0.05) is 28.4 Å². The molecule has 0 fully saturated rings. The highest BCUT2D eigenvalue weighted by atomic mass is 79.9. The zero-order valence-corrected chi connectivity index (χ0v) is 14.3. The molecule has 3 aromatic rings. The van der Waals surface area contributed by atoms with Gasteiger partial charge in [0, 0.05) is 34.9 Å². The van der Waals surface area contributed by atoms with Crippen molar-refractivity contribution in [3.8, 4) is 0 Å². The van der Waals surface area contributed by atoms with E-state index in [0.29, 0.717) is 6.42 Å². The number of hydrogen-bond acceptors (Lipinski definition) is 3. The van der Waals surface area contributed by atoms with Gasteiger partial charge < -0.3 is 5.32 Å². The molecule has 0 spiro atoms. The van der Waals surface area contributed by atoms with Gasteiger partial charge in [0.1, 0.15) is 0 Å². The molecule has 5 heteroatoms. The third kappa shape index (κ3) is 3.67. The van der Waals surface area contributed by atoms with Crippen LogP contribution in [-0.4, -0.2) is 21.2 Å². The molecule has 0 aliphatic carbocycles. The molecule has 0 atom stereocenters. The van der Waals surface area contributed by atoms with Gasteiger partial charge in [0.2, 0.25) is 5.91 Å². The topological polar surface area (TPSA) is 54.9 Å². The molecule has 2 heterocycles. The highest BCUT2D eigenvalue weighted by Crippen LogP contribution is 2.29. The number of carbonyl (C=O) groups is 1. The molecule has 1 N–H and O–H groups in total. The van der Waals surface area contributed by atoms with Crippen LogP contribution in [0.5, 0.6) is 0 Å². The third-order valence-electron chi connectivity index (χ3n) is 3.77. The number of unbranched alkanes of at least 4 members (excludes halogenated alkanes) is 2. The van der Waals surface area contributed by atoms with E-state index in [2.05, 4.69) is 31.2 Å². The summed E-state index contributed by atoms with van der Waals surface area (Å²) in [6.45, 7) is 0. The number of anilines is 1. The van der Waals surface area contributed by atoms with Crippen LogP contribution in [0.2, 0.25) is 0 Å². The maximum Gasteiger partial charge on any atom is 0.224 e. The molecule has 0 saturated heterocycles. The zero-order valence-electron chi connectivity index (χ0n) is 12.8. The van der Waals surface area contributed by atoms with E-state index in [-0.39, 0.29) is 5.91 Å². The quantitative estimate of drug-likeness (QED) is 0.388. The van der Waals surface area contributed by atoms with Crippen molar-refractivity contribution >= 4 is 49.3 Å². The summed E-state index contributed by atoms with van der Waals surface area (Å²) >= 11 is 3.41. The first-order chi connectivity index (χ1) is 11.3. The average Bonchev–Trinajstić information content (AvgIpc) is 2.59. The van der Waals surface area contributed by atoms with Gasteiger partial charge in [0.25, 0.3) is 0 Å². The molecule has 4 nitrogen and oxygen atoms in total. The molecule has 0 aliphatic heterocycles. The predicted octanol–water partition coefficient (Wildman–Crippen LogP) is 4.68. The molecule has 0 bridgehead atoms. The Bertz CT molecular complexity index is 835. The summed E-state index contributed by atoms with van der Waals surface area (Å²) in [6, 6.07) is 9.70. The molecule has 0 radical (unpaired) electrons. The van der Waals surface area contributed by atoms with E-state index in [1.54, 1.807) is 12.4 Å². The highest BCUT2D eigenvalue weighted by molar-refractivity contribution is 9.09. The SMILES string of the molecule is O=C(CCCCCBr)Nc1cc2cccnc2c2ncccc12. The van der Waals surface area contributed by atoms with Gasteiger partial charge in [0.05, 0.1) is 16.7 Å².